The van der Waals surface area contributed by atoms with E-state index in [9.17, 15) is 19.3 Å². The van der Waals surface area contributed by atoms with Crippen molar-refractivity contribution in [2.45, 2.75) is 31.7 Å². The first-order chi connectivity index (χ1) is 18.4. The van der Waals surface area contributed by atoms with E-state index in [-0.39, 0.29) is 29.1 Å². The van der Waals surface area contributed by atoms with Gasteiger partial charge in [-0.15, -0.1) is 10.2 Å². The van der Waals surface area contributed by atoms with Crippen molar-refractivity contribution in [3.8, 4) is 28.3 Å². The quantitative estimate of drug-likeness (QED) is 0.229. The monoisotopic (exact) mass is 516 g/mol. The van der Waals surface area contributed by atoms with Crippen LogP contribution < -0.4 is 4.74 Å². The zero-order chi connectivity index (χ0) is 26.6. The van der Waals surface area contributed by atoms with Crippen LogP contribution in [0.2, 0.25) is 0 Å². The molecule has 0 N–H and O–H groups in total. The second-order valence-corrected chi connectivity index (χ2v) is 9.08. The van der Waals surface area contributed by atoms with Gasteiger partial charge in [-0.2, -0.15) is 0 Å². The van der Waals surface area contributed by atoms with Gasteiger partial charge in [-0.25, -0.2) is 4.39 Å². The molecule has 0 saturated carbocycles. The number of methoxy groups -OCH3 is 1. The fourth-order valence-corrected chi connectivity index (χ4v) is 4.76. The Morgan fingerprint density at radius 2 is 1.92 bits per heavy atom. The lowest BCUT2D eigenvalue weighted by Crippen LogP contribution is -2.45. The van der Waals surface area contributed by atoms with Crippen molar-refractivity contribution in [1.82, 2.24) is 15.1 Å². The number of likely N-dealkylation sites (tertiary alicyclic amines) is 1. The van der Waals surface area contributed by atoms with E-state index >= 15 is 0 Å². The minimum Gasteiger partial charge on any atom is -0.497 e. The highest BCUT2D eigenvalue weighted by molar-refractivity contribution is 6.01. The molecular formula is C28H25FN4O5. The Balaban J connectivity index is 1.44. The van der Waals surface area contributed by atoms with E-state index in [1.807, 2.05) is 12.1 Å². The van der Waals surface area contributed by atoms with Crippen LogP contribution in [-0.2, 0) is 6.42 Å². The number of ether oxygens (including phenoxy) is 1. The van der Waals surface area contributed by atoms with Gasteiger partial charge in [0.1, 0.15) is 11.6 Å². The Morgan fingerprint density at radius 3 is 2.66 bits per heavy atom. The first-order valence-electron chi connectivity index (χ1n) is 12.2. The Bertz CT molecular complexity index is 1470. The molecule has 1 saturated heterocycles. The van der Waals surface area contributed by atoms with Crippen LogP contribution in [0.15, 0.2) is 71.1 Å². The number of nitrogens with zero attached hydrogens (tertiary/aromatic N) is 4. The van der Waals surface area contributed by atoms with Crippen molar-refractivity contribution in [2.75, 3.05) is 13.7 Å². The number of aromatic nitrogens is 2. The van der Waals surface area contributed by atoms with Crippen LogP contribution in [0.3, 0.4) is 0 Å². The molecule has 0 aliphatic carbocycles. The average molecular weight is 517 g/mol. The Kier molecular flexibility index (Phi) is 7.12. The molecule has 1 aliphatic rings. The van der Waals surface area contributed by atoms with Crippen LogP contribution in [0.1, 0.15) is 35.5 Å². The van der Waals surface area contributed by atoms with Gasteiger partial charge in [-0.1, -0.05) is 18.2 Å². The summed E-state index contributed by atoms with van der Waals surface area (Å²) in [6.45, 7) is 0.499. The van der Waals surface area contributed by atoms with Crippen LogP contribution in [0.5, 0.6) is 5.75 Å². The number of non-ortho nitro benzene ring substituents is 1. The average Bonchev–Trinajstić information content (AvgIpc) is 3.41. The smallest absolute Gasteiger partial charge is 0.270 e. The lowest BCUT2D eigenvalue weighted by Gasteiger charge is -2.35. The number of halogens is 1. The highest BCUT2D eigenvalue weighted by Gasteiger charge is 2.31. The maximum atomic E-state index is 13.9. The Labute approximate surface area is 218 Å². The molecular weight excluding hydrogens is 491 g/mol. The van der Waals surface area contributed by atoms with Crippen molar-refractivity contribution in [2.24, 2.45) is 0 Å². The number of benzene rings is 3. The number of carbonyl (C=O) groups excluding carboxylic acids is 1. The summed E-state index contributed by atoms with van der Waals surface area (Å²) >= 11 is 0. The molecule has 0 unspecified atom stereocenters. The number of amides is 1. The van der Waals surface area contributed by atoms with Crippen molar-refractivity contribution in [3.63, 3.8) is 0 Å². The van der Waals surface area contributed by atoms with Crippen molar-refractivity contribution < 1.29 is 23.3 Å². The lowest BCUT2D eigenvalue weighted by molar-refractivity contribution is -0.384. The second kappa shape index (κ2) is 10.8. The van der Waals surface area contributed by atoms with E-state index in [0.717, 1.165) is 24.8 Å². The largest absolute Gasteiger partial charge is 0.497 e. The first-order valence-corrected chi connectivity index (χ1v) is 12.2. The summed E-state index contributed by atoms with van der Waals surface area (Å²) in [6.07, 6.45) is 2.77. The van der Waals surface area contributed by atoms with Crippen LogP contribution >= 0.6 is 0 Å². The molecule has 38 heavy (non-hydrogen) atoms. The molecule has 1 aromatic heterocycles. The fraction of sp³-hybridized carbons (Fsp3) is 0.250. The minimum absolute atomic E-state index is 0.157. The number of rotatable bonds is 7. The van der Waals surface area contributed by atoms with Gasteiger partial charge in [-0.3, -0.25) is 14.9 Å². The first kappa shape index (κ1) is 25.1. The third kappa shape index (κ3) is 5.24. The van der Waals surface area contributed by atoms with E-state index in [1.165, 1.54) is 24.3 Å². The lowest BCUT2D eigenvalue weighted by atomic mass is 9.94. The van der Waals surface area contributed by atoms with E-state index in [0.29, 0.717) is 35.7 Å². The minimum atomic E-state index is -0.505. The molecule has 2 heterocycles. The van der Waals surface area contributed by atoms with Crippen LogP contribution in [0, 0.1) is 15.9 Å². The number of hydrogen-bond donors (Lipinski definition) is 0. The number of nitro benzene ring substituents is 1. The molecule has 1 fully saturated rings. The van der Waals surface area contributed by atoms with E-state index < -0.39 is 10.7 Å². The predicted molar refractivity (Wildman–Crippen MR) is 137 cm³/mol. The summed E-state index contributed by atoms with van der Waals surface area (Å²) in [4.78, 5) is 26.7. The van der Waals surface area contributed by atoms with Gasteiger partial charge in [0.15, 0.2) is 0 Å². The van der Waals surface area contributed by atoms with Gasteiger partial charge in [0.05, 0.1) is 17.6 Å². The summed E-state index contributed by atoms with van der Waals surface area (Å²) in [7, 11) is 1.57. The zero-order valence-electron chi connectivity index (χ0n) is 20.7. The Morgan fingerprint density at radius 1 is 1.11 bits per heavy atom. The molecule has 4 aromatic rings. The highest BCUT2D eigenvalue weighted by atomic mass is 19.1. The summed E-state index contributed by atoms with van der Waals surface area (Å²) in [5.41, 5.74) is 1.91. The standard InChI is InChI=1S/C28H25FN4O5/c1-37-23-11-8-18(9-12-23)24-13-10-22(33(35)36)16-25(24)28(34)32-14-3-2-7-21(32)17-26-30-31-27(38-26)19-5-4-6-20(29)15-19/h4-6,8-13,15-16,21H,2-3,7,14,17H2,1H3/t21-/m0/s1. The summed E-state index contributed by atoms with van der Waals surface area (Å²) in [5.74, 6) is 0.499. The summed E-state index contributed by atoms with van der Waals surface area (Å²) < 4.78 is 24.7. The Hall–Kier alpha value is -4.60. The van der Waals surface area contributed by atoms with Gasteiger partial charge in [-0.05, 0) is 66.8 Å². The van der Waals surface area contributed by atoms with E-state index in [4.69, 9.17) is 9.15 Å². The van der Waals surface area contributed by atoms with Crippen LogP contribution in [-0.4, -0.2) is 45.6 Å². The van der Waals surface area contributed by atoms with Gasteiger partial charge in [0.2, 0.25) is 11.8 Å². The van der Waals surface area contributed by atoms with Crippen LogP contribution in [0.25, 0.3) is 22.6 Å². The summed E-state index contributed by atoms with van der Waals surface area (Å²) in [6, 6.07) is 17.2. The molecule has 1 amide bonds. The maximum Gasteiger partial charge on any atom is 0.270 e. The number of carbonyl (C=O) groups is 1. The molecule has 0 radical (unpaired) electrons. The van der Waals surface area contributed by atoms with Crippen molar-refractivity contribution in [3.05, 3.63) is 94.1 Å². The highest BCUT2D eigenvalue weighted by Crippen LogP contribution is 2.32. The van der Waals surface area contributed by atoms with E-state index in [2.05, 4.69) is 10.2 Å². The van der Waals surface area contributed by atoms with Gasteiger partial charge in [0, 0.05) is 36.7 Å². The third-order valence-corrected chi connectivity index (χ3v) is 6.68. The molecule has 1 atom stereocenters. The summed E-state index contributed by atoms with van der Waals surface area (Å²) in [5, 5.41) is 19.7. The number of hydrogen-bond acceptors (Lipinski definition) is 7. The van der Waals surface area contributed by atoms with Crippen molar-refractivity contribution in [1.29, 1.82) is 0 Å². The molecule has 9 nitrogen and oxygen atoms in total. The van der Waals surface area contributed by atoms with Gasteiger partial charge < -0.3 is 14.1 Å². The van der Waals surface area contributed by atoms with Crippen molar-refractivity contribution >= 4 is 11.6 Å². The fourth-order valence-electron chi connectivity index (χ4n) is 4.76. The predicted octanol–water partition coefficient (Wildman–Crippen LogP) is 5.70. The molecule has 3 aromatic carbocycles. The third-order valence-electron chi connectivity index (χ3n) is 6.68. The zero-order valence-corrected chi connectivity index (χ0v) is 20.7. The normalized spacial score (nSPS) is 15.3. The van der Waals surface area contributed by atoms with E-state index in [1.54, 1.807) is 42.3 Å². The van der Waals surface area contributed by atoms with Gasteiger partial charge in [0.25, 0.3) is 11.6 Å². The SMILES string of the molecule is COc1ccc(-c2ccc([N+](=O)[O-])cc2C(=O)N2CCCC[C@H]2Cc2nnc(-c3cccc(F)c3)o2)cc1. The second-order valence-electron chi connectivity index (χ2n) is 9.08. The molecule has 10 heteroatoms. The molecule has 194 valence electrons. The van der Waals surface area contributed by atoms with Crippen LogP contribution in [0.4, 0.5) is 10.1 Å². The molecule has 0 bridgehead atoms. The topological polar surface area (TPSA) is 112 Å². The van der Waals surface area contributed by atoms with Gasteiger partial charge >= 0.3 is 0 Å². The maximum absolute atomic E-state index is 13.9. The number of nitro groups is 1. The molecule has 0 spiro atoms. The molecule has 5 rings (SSSR count). The number of piperidine rings is 1. The molecule has 1 aliphatic heterocycles.